The number of nitriles is 1. The summed E-state index contributed by atoms with van der Waals surface area (Å²) < 4.78 is 0.724. The number of nitrogens with one attached hydrogen (secondary N) is 3. The molecule has 1 fully saturated rings. The highest BCUT2D eigenvalue weighted by Crippen LogP contribution is 2.28. The van der Waals surface area contributed by atoms with E-state index in [2.05, 4.69) is 32.2 Å². The molecule has 0 radical (unpaired) electrons. The molecule has 27 heavy (non-hydrogen) atoms. The van der Waals surface area contributed by atoms with Crippen molar-refractivity contribution in [3.8, 4) is 6.07 Å². The van der Waals surface area contributed by atoms with Crippen LogP contribution in [0.5, 0.6) is 0 Å². The summed E-state index contributed by atoms with van der Waals surface area (Å²) >= 11 is 2.77. The highest BCUT2D eigenvalue weighted by Gasteiger charge is 2.22. The van der Waals surface area contributed by atoms with Crippen LogP contribution in [0, 0.1) is 11.3 Å². The van der Waals surface area contributed by atoms with Crippen molar-refractivity contribution < 1.29 is 9.59 Å². The van der Waals surface area contributed by atoms with Gasteiger partial charge in [0.15, 0.2) is 4.34 Å². The highest BCUT2D eigenvalue weighted by molar-refractivity contribution is 8.00. The van der Waals surface area contributed by atoms with Crippen LogP contribution in [0.25, 0.3) is 0 Å². The molecular weight excluding hydrogens is 384 g/mol. The third-order valence-electron chi connectivity index (χ3n) is 3.91. The van der Waals surface area contributed by atoms with Crippen molar-refractivity contribution >= 4 is 40.2 Å². The van der Waals surface area contributed by atoms with E-state index in [4.69, 9.17) is 5.26 Å². The standard InChI is InChI=1S/C17H18N6O2S2/c18-9-11-4-6-12(7-5-11)10-26-17-23-22-16(27-17)21-15(25)20-13-3-1-2-8-19-14(13)24/h4-7,13H,1-3,8,10H2,(H,19,24)(H2,20,21,22,25). The first-order valence-corrected chi connectivity index (χ1v) is 10.2. The molecule has 8 nitrogen and oxygen atoms in total. The number of rotatable bonds is 5. The van der Waals surface area contributed by atoms with Crippen molar-refractivity contribution in [2.75, 3.05) is 11.9 Å². The number of hydrogen-bond donors (Lipinski definition) is 3. The molecular formula is C17H18N6O2S2. The topological polar surface area (TPSA) is 120 Å². The van der Waals surface area contributed by atoms with E-state index in [9.17, 15) is 9.59 Å². The van der Waals surface area contributed by atoms with Crippen LogP contribution in [0.2, 0.25) is 0 Å². The lowest BCUT2D eigenvalue weighted by Gasteiger charge is -2.14. The SMILES string of the molecule is N#Cc1ccc(CSc2nnc(NC(=O)NC3CCCCNC3=O)s2)cc1. The number of carbonyl (C=O) groups excluding carboxylic acids is 2. The van der Waals surface area contributed by atoms with Crippen molar-refractivity contribution in [2.24, 2.45) is 0 Å². The first-order valence-electron chi connectivity index (χ1n) is 8.44. The average molecular weight is 403 g/mol. The van der Waals surface area contributed by atoms with E-state index in [-0.39, 0.29) is 5.91 Å². The first kappa shape index (κ1) is 19.1. The van der Waals surface area contributed by atoms with Gasteiger partial charge in [-0.15, -0.1) is 10.2 Å². The van der Waals surface area contributed by atoms with Crippen LogP contribution in [0.15, 0.2) is 28.6 Å². The summed E-state index contributed by atoms with van der Waals surface area (Å²) in [5.41, 5.74) is 1.69. The molecule has 1 aliphatic heterocycles. The Balaban J connectivity index is 1.48. The fraction of sp³-hybridized carbons (Fsp3) is 0.353. The molecule has 10 heteroatoms. The van der Waals surface area contributed by atoms with Gasteiger partial charge in [-0.1, -0.05) is 35.2 Å². The molecule has 1 aromatic carbocycles. The van der Waals surface area contributed by atoms with E-state index in [0.717, 1.165) is 22.7 Å². The number of anilines is 1. The molecule has 2 heterocycles. The second kappa shape index (κ2) is 9.34. The first-order chi connectivity index (χ1) is 13.1. The predicted octanol–water partition coefficient (Wildman–Crippen LogP) is 2.49. The molecule has 0 saturated carbocycles. The van der Waals surface area contributed by atoms with Gasteiger partial charge in [-0.05, 0) is 37.0 Å². The summed E-state index contributed by atoms with van der Waals surface area (Å²) in [5, 5.41) is 25.3. The van der Waals surface area contributed by atoms with E-state index in [1.54, 1.807) is 12.1 Å². The van der Waals surface area contributed by atoms with Gasteiger partial charge in [-0.25, -0.2) is 4.79 Å². The number of urea groups is 1. The Morgan fingerprint density at radius 2 is 2.15 bits per heavy atom. The molecule has 1 aromatic heterocycles. The third-order valence-corrected chi connectivity index (χ3v) is 5.96. The quantitative estimate of drug-likeness (QED) is 0.522. The number of hydrogen-bond acceptors (Lipinski definition) is 7. The van der Waals surface area contributed by atoms with Gasteiger partial charge in [0.2, 0.25) is 11.0 Å². The lowest BCUT2D eigenvalue weighted by molar-refractivity contribution is -0.122. The molecule has 3 rings (SSSR count). The Kier molecular flexibility index (Phi) is 6.62. The van der Waals surface area contributed by atoms with Gasteiger partial charge in [-0.2, -0.15) is 5.26 Å². The smallest absolute Gasteiger partial charge is 0.321 e. The molecule has 0 aliphatic carbocycles. The minimum absolute atomic E-state index is 0.154. The van der Waals surface area contributed by atoms with E-state index in [1.165, 1.54) is 23.1 Å². The van der Waals surface area contributed by atoms with Crippen molar-refractivity contribution in [3.63, 3.8) is 0 Å². The lowest BCUT2D eigenvalue weighted by Crippen LogP contribution is -2.46. The fourth-order valence-electron chi connectivity index (χ4n) is 2.51. The molecule has 1 unspecified atom stereocenters. The Morgan fingerprint density at radius 3 is 2.93 bits per heavy atom. The van der Waals surface area contributed by atoms with Crippen LogP contribution in [0.3, 0.4) is 0 Å². The predicted molar refractivity (Wildman–Crippen MR) is 103 cm³/mol. The zero-order chi connectivity index (χ0) is 19.1. The van der Waals surface area contributed by atoms with E-state index < -0.39 is 12.1 Å². The number of benzene rings is 1. The normalized spacial score (nSPS) is 16.7. The molecule has 2 aromatic rings. The summed E-state index contributed by atoms with van der Waals surface area (Å²) in [4.78, 5) is 24.0. The molecule has 1 saturated heterocycles. The lowest BCUT2D eigenvalue weighted by atomic mass is 10.1. The zero-order valence-corrected chi connectivity index (χ0v) is 16.0. The number of amides is 3. The molecule has 0 spiro atoms. The van der Waals surface area contributed by atoms with Gasteiger partial charge in [-0.3, -0.25) is 10.1 Å². The van der Waals surface area contributed by atoms with Gasteiger partial charge in [0.25, 0.3) is 0 Å². The number of aromatic nitrogens is 2. The van der Waals surface area contributed by atoms with Crippen LogP contribution in [-0.2, 0) is 10.5 Å². The Labute approximate surface area is 164 Å². The second-order valence-electron chi connectivity index (χ2n) is 5.91. The van der Waals surface area contributed by atoms with Crippen molar-refractivity contribution in [3.05, 3.63) is 35.4 Å². The van der Waals surface area contributed by atoms with Crippen molar-refractivity contribution in [2.45, 2.75) is 35.4 Å². The molecule has 0 bridgehead atoms. The molecule has 140 valence electrons. The maximum Gasteiger partial charge on any atom is 0.321 e. The maximum atomic E-state index is 12.1. The summed E-state index contributed by atoms with van der Waals surface area (Å²) in [6.07, 6.45) is 2.43. The van der Waals surface area contributed by atoms with Crippen LogP contribution in [0.4, 0.5) is 9.93 Å². The van der Waals surface area contributed by atoms with Crippen LogP contribution >= 0.6 is 23.1 Å². The Morgan fingerprint density at radius 1 is 1.33 bits per heavy atom. The Bertz CT molecular complexity index is 846. The minimum Gasteiger partial charge on any atom is -0.354 e. The van der Waals surface area contributed by atoms with Crippen molar-refractivity contribution in [1.29, 1.82) is 5.26 Å². The number of nitrogens with zero attached hydrogens (tertiary/aromatic N) is 3. The van der Waals surface area contributed by atoms with Crippen LogP contribution in [-0.4, -0.2) is 34.7 Å². The summed E-state index contributed by atoms with van der Waals surface area (Å²) in [7, 11) is 0. The summed E-state index contributed by atoms with van der Waals surface area (Å²) in [6, 6.07) is 8.45. The summed E-state index contributed by atoms with van der Waals surface area (Å²) in [5.74, 6) is 0.535. The van der Waals surface area contributed by atoms with E-state index in [0.29, 0.717) is 29.4 Å². The number of thioether (sulfide) groups is 1. The van der Waals surface area contributed by atoms with E-state index in [1.807, 2.05) is 12.1 Å². The second-order valence-corrected chi connectivity index (χ2v) is 8.11. The van der Waals surface area contributed by atoms with Crippen LogP contribution in [0.1, 0.15) is 30.4 Å². The highest BCUT2D eigenvalue weighted by atomic mass is 32.2. The average Bonchev–Trinajstić information content (AvgIpc) is 3.02. The molecule has 3 amide bonds. The van der Waals surface area contributed by atoms with Crippen LogP contribution < -0.4 is 16.0 Å². The van der Waals surface area contributed by atoms with Crippen molar-refractivity contribution in [1.82, 2.24) is 20.8 Å². The number of carbonyl (C=O) groups is 2. The fourth-order valence-corrected chi connectivity index (χ4v) is 4.21. The van der Waals surface area contributed by atoms with Gasteiger partial charge in [0.1, 0.15) is 6.04 Å². The summed E-state index contributed by atoms with van der Waals surface area (Å²) in [6.45, 7) is 0.648. The van der Waals surface area contributed by atoms with Gasteiger partial charge >= 0.3 is 6.03 Å². The van der Waals surface area contributed by atoms with Gasteiger partial charge < -0.3 is 10.6 Å². The zero-order valence-electron chi connectivity index (χ0n) is 14.4. The minimum atomic E-state index is -0.523. The third kappa shape index (κ3) is 5.67. The molecule has 1 aliphatic rings. The largest absolute Gasteiger partial charge is 0.354 e. The molecule has 3 N–H and O–H groups in total. The van der Waals surface area contributed by atoms with Gasteiger partial charge in [0, 0.05) is 12.3 Å². The Hall–Kier alpha value is -2.64. The monoisotopic (exact) mass is 402 g/mol. The van der Waals surface area contributed by atoms with E-state index >= 15 is 0 Å². The maximum absolute atomic E-state index is 12.1. The molecule has 1 atom stereocenters. The van der Waals surface area contributed by atoms with Gasteiger partial charge in [0.05, 0.1) is 11.6 Å².